The standard InChI is InChI=1S/C12H21FN2O3S/c1-14(2)9-3-5-10(6-4-9)15-8-11(7-12(15)16)19(13,17)18/h9-11H,3-8H2,1-2H3. The second-order valence-corrected chi connectivity index (χ2v) is 7.39. The van der Waals surface area contributed by atoms with Gasteiger partial charge in [-0.25, -0.2) is 0 Å². The summed E-state index contributed by atoms with van der Waals surface area (Å²) in [5.41, 5.74) is 0. The third-order valence-corrected chi connectivity index (χ3v) is 5.47. The molecule has 0 aromatic carbocycles. The fraction of sp³-hybridized carbons (Fsp3) is 0.917. The maximum absolute atomic E-state index is 13.0. The van der Waals surface area contributed by atoms with E-state index in [0.29, 0.717) is 6.04 Å². The summed E-state index contributed by atoms with van der Waals surface area (Å²) in [5, 5.41) is -1.16. The van der Waals surface area contributed by atoms with Crippen LogP contribution in [0.2, 0.25) is 0 Å². The van der Waals surface area contributed by atoms with Gasteiger partial charge in [-0.15, -0.1) is 3.89 Å². The molecule has 1 amide bonds. The van der Waals surface area contributed by atoms with Crippen molar-refractivity contribution < 1.29 is 17.1 Å². The molecule has 1 saturated heterocycles. The first-order valence-corrected chi connectivity index (χ1v) is 8.13. The molecule has 0 aromatic rings. The monoisotopic (exact) mass is 292 g/mol. The number of likely N-dealkylation sites (tertiary alicyclic amines) is 1. The minimum Gasteiger partial charge on any atom is -0.338 e. The number of carbonyl (C=O) groups excluding carboxylic acids is 1. The third kappa shape index (κ3) is 3.25. The molecule has 7 heteroatoms. The average Bonchev–Trinajstić information content (AvgIpc) is 2.71. The molecule has 1 aliphatic heterocycles. The van der Waals surface area contributed by atoms with Crippen LogP contribution in [0, 0.1) is 0 Å². The van der Waals surface area contributed by atoms with Gasteiger partial charge >= 0.3 is 10.2 Å². The lowest BCUT2D eigenvalue weighted by molar-refractivity contribution is -0.130. The summed E-state index contributed by atoms with van der Waals surface area (Å²) in [6.07, 6.45) is 3.52. The Morgan fingerprint density at radius 3 is 2.21 bits per heavy atom. The first-order valence-electron chi connectivity index (χ1n) is 6.68. The summed E-state index contributed by atoms with van der Waals surface area (Å²) in [7, 11) is -0.523. The van der Waals surface area contributed by atoms with E-state index in [2.05, 4.69) is 4.90 Å². The van der Waals surface area contributed by atoms with Gasteiger partial charge in [0.15, 0.2) is 0 Å². The van der Waals surface area contributed by atoms with Crippen LogP contribution in [0.3, 0.4) is 0 Å². The summed E-state index contributed by atoms with van der Waals surface area (Å²) < 4.78 is 34.8. The van der Waals surface area contributed by atoms with Gasteiger partial charge in [0.2, 0.25) is 5.91 Å². The Balaban J connectivity index is 1.95. The first kappa shape index (κ1) is 14.7. The Labute approximate surface area is 114 Å². The van der Waals surface area contributed by atoms with E-state index in [1.54, 1.807) is 4.90 Å². The number of hydrogen-bond donors (Lipinski definition) is 0. The first-order chi connectivity index (χ1) is 8.79. The summed E-state index contributed by atoms with van der Waals surface area (Å²) >= 11 is 0. The number of carbonyl (C=O) groups is 1. The van der Waals surface area contributed by atoms with Crippen molar-refractivity contribution in [3.05, 3.63) is 0 Å². The van der Waals surface area contributed by atoms with Crippen LogP contribution in [-0.2, 0) is 15.0 Å². The second-order valence-electron chi connectivity index (χ2n) is 5.77. The minimum absolute atomic E-state index is 0.0228. The molecule has 2 fully saturated rings. The van der Waals surface area contributed by atoms with Gasteiger partial charge < -0.3 is 9.80 Å². The van der Waals surface area contributed by atoms with Gasteiger partial charge in [0, 0.05) is 25.0 Å². The normalized spacial score (nSPS) is 33.2. The van der Waals surface area contributed by atoms with E-state index < -0.39 is 15.5 Å². The van der Waals surface area contributed by atoms with Crippen molar-refractivity contribution in [2.75, 3.05) is 20.6 Å². The van der Waals surface area contributed by atoms with E-state index in [4.69, 9.17) is 0 Å². The summed E-state index contributed by atoms with van der Waals surface area (Å²) in [5.74, 6) is -0.223. The molecule has 1 heterocycles. The number of halogens is 1. The molecule has 1 saturated carbocycles. The van der Waals surface area contributed by atoms with Crippen molar-refractivity contribution in [1.82, 2.24) is 9.80 Å². The highest BCUT2D eigenvalue weighted by molar-refractivity contribution is 7.87. The second kappa shape index (κ2) is 5.36. The van der Waals surface area contributed by atoms with Gasteiger partial charge in [0.25, 0.3) is 0 Å². The summed E-state index contributed by atoms with van der Waals surface area (Å²) in [6, 6.07) is 0.602. The fourth-order valence-electron chi connectivity index (χ4n) is 3.13. The van der Waals surface area contributed by atoms with Crippen LogP contribution in [0.1, 0.15) is 32.1 Å². The molecule has 110 valence electrons. The van der Waals surface area contributed by atoms with Gasteiger partial charge in [-0.3, -0.25) is 4.79 Å². The lowest BCUT2D eigenvalue weighted by Gasteiger charge is -2.37. The molecule has 2 aliphatic rings. The molecule has 1 aliphatic carbocycles. The van der Waals surface area contributed by atoms with Crippen molar-refractivity contribution >= 4 is 16.1 Å². The van der Waals surface area contributed by atoms with E-state index in [1.807, 2.05) is 14.1 Å². The molecule has 0 aromatic heterocycles. The molecular weight excluding hydrogens is 271 g/mol. The predicted octanol–water partition coefficient (Wildman–Crippen LogP) is 0.759. The van der Waals surface area contributed by atoms with Gasteiger partial charge in [-0.05, 0) is 39.8 Å². The molecule has 1 atom stereocenters. The molecule has 5 nitrogen and oxygen atoms in total. The summed E-state index contributed by atoms with van der Waals surface area (Å²) in [6.45, 7) is 0.0228. The highest BCUT2D eigenvalue weighted by Crippen LogP contribution is 2.30. The minimum atomic E-state index is -4.60. The van der Waals surface area contributed by atoms with Crippen molar-refractivity contribution in [3.63, 3.8) is 0 Å². The zero-order valence-corrected chi connectivity index (χ0v) is 12.2. The van der Waals surface area contributed by atoms with Crippen LogP contribution >= 0.6 is 0 Å². The predicted molar refractivity (Wildman–Crippen MR) is 69.9 cm³/mol. The molecule has 0 spiro atoms. The van der Waals surface area contributed by atoms with E-state index in [1.165, 1.54) is 0 Å². The van der Waals surface area contributed by atoms with Crippen LogP contribution in [-0.4, -0.2) is 62.1 Å². The lowest BCUT2D eigenvalue weighted by atomic mass is 9.90. The van der Waals surface area contributed by atoms with Crippen LogP contribution < -0.4 is 0 Å². The third-order valence-electron chi connectivity index (χ3n) is 4.36. The van der Waals surface area contributed by atoms with Gasteiger partial charge in [0.1, 0.15) is 5.25 Å². The Kier molecular flexibility index (Phi) is 4.15. The number of hydrogen-bond acceptors (Lipinski definition) is 4. The maximum atomic E-state index is 13.0. The van der Waals surface area contributed by atoms with Crippen molar-refractivity contribution in [2.24, 2.45) is 0 Å². The average molecular weight is 292 g/mol. The SMILES string of the molecule is CN(C)C1CCC(N2CC(S(=O)(=O)F)CC2=O)CC1. The number of amides is 1. The number of nitrogens with zero attached hydrogens (tertiary/aromatic N) is 2. The van der Waals surface area contributed by atoms with Crippen LogP contribution in [0.5, 0.6) is 0 Å². The van der Waals surface area contributed by atoms with Crippen LogP contribution in [0.4, 0.5) is 3.89 Å². The van der Waals surface area contributed by atoms with E-state index in [-0.39, 0.29) is 24.9 Å². The smallest absolute Gasteiger partial charge is 0.307 e. The van der Waals surface area contributed by atoms with E-state index >= 15 is 0 Å². The molecular formula is C12H21FN2O3S. The summed E-state index contributed by atoms with van der Waals surface area (Å²) in [4.78, 5) is 15.6. The molecule has 0 radical (unpaired) electrons. The van der Waals surface area contributed by atoms with Crippen LogP contribution in [0.25, 0.3) is 0 Å². The zero-order valence-electron chi connectivity index (χ0n) is 11.4. The molecule has 1 unspecified atom stereocenters. The largest absolute Gasteiger partial charge is 0.338 e. The molecule has 0 N–H and O–H groups in total. The highest BCUT2D eigenvalue weighted by Gasteiger charge is 2.42. The molecule has 19 heavy (non-hydrogen) atoms. The van der Waals surface area contributed by atoms with Crippen molar-refractivity contribution in [3.8, 4) is 0 Å². The molecule has 0 bridgehead atoms. The van der Waals surface area contributed by atoms with Crippen molar-refractivity contribution in [2.45, 2.75) is 49.4 Å². The number of rotatable bonds is 3. The van der Waals surface area contributed by atoms with Crippen LogP contribution in [0.15, 0.2) is 0 Å². The maximum Gasteiger partial charge on any atom is 0.307 e. The Bertz CT molecular complexity index is 444. The quantitative estimate of drug-likeness (QED) is 0.721. The van der Waals surface area contributed by atoms with E-state index in [9.17, 15) is 17.1 Å². The van der Waals surface area contributed by atoms with Gasteiger partial charge in [-0.2, -0.15) is 8.42 Å². The topological polar surface area (TPSA) is 57.7 Å². The lowest BCUT2D eigenvalue weighted by Crippen LogP contribution is -2.43. The van der Waals surface area contributed by atoms with E-state index in [0.717, 1.165) is 25.7 Å². The highest BCUT2D eigenvalue weighted by atomic mass is 32.3. The van der Waals surface area contributed by atoms with Crippen molar-refractivity contribution in [1.29, 1.82) is 0 Å². The zero-order chi connectivity index (χ0) is 14.2. The molecule has 2 rings (SSSR count). The Morgan fingerprint density at radius 1 is 1.21 bits per heavy atom. The van der Waals surface area contributed by atoms with Gasteiger partial charge in [0.05, 0.1) is 0 Å². The van der Waals surface area contributed by atoms with Gasteiger partial charge in [-0.1, -0.05) is 0 Å². The fourth-order valence-corrected chi connectivity index (χ4v) is 3.81. The Hall–Kier alpha value is -0.690. The Morgan fingerprint density at radius 2 is 1.79 bits per heavy atom.